The third kappa shape index (κ3) is 7.73. The highest BCUT2D eigenvalue weighted by Gasteiger charge is 2.30. The van der Waals surface area contributed by atoms with Crippen LogP contribution in [0.5, 0.6) is 5.75 Å². The zero-order chi connectivity index (χ0) is 26.3. The Bertz CT molecular complexity index is 1090. The van der Waals surface area contributed by atoms with E-state index in [2.05, 4.69) is 5.32 Å². The number of amides is 2. The second kappa shape index (κ2) is 12.3. The third-order valence-corrected chi connectivity index (χ3v) is 6.06. The number of rotatable bonds is 8. The molecular weight excluding hydrogens is 480 g/mol. The van der Waals surface area contributed by atoms with Crippen molar-refractivity contribution in [2.75, 3.05) is 26.3 Å². The molecule has 0 saturated carbocycles. The molecule has 2 amide bonds. The number of benzene rings is 2. The lowest BCUT2D eigenvalue weighted by atomic mass is 9.92. The highest BCUT2D eigenvalue weighted by atomic mass is 35.5. The highest BCUT2D eigenvalue weighted by molar-refractivity contribution is 6.31. The Balaban J connectivity index is 1.84. The molecular formula is C28H35ClN2O5. The normalized spacial score (nSPS) is 14.9. The minimum absolute atomic E-state index is 0.0654. The van der Waals surface area contributed by atoms with Gasteiger partial charge in [-0.15, -0.1) is 0 Å². The topological polar surface area (TPSA) is 88.1 Å². The van der Waals surface area contributed by atoms with Crippen LogP contribution in [0.25, 0.3) is 5.57 Å². The summed E-state index contributed by atoms with van der Waals surface area (Å²) in [5, 5.41) is 12.7. The van der Waals surface area contributed by atoms with Crippen LogP contribution in [-0.4, -0.2) is 60.0 Å². The lowest BCUT2D eigenvalue weighted by Gasteiger charge is -2.33. The van der Waals surface area contributed by atoms with E-state index in [0.717, 1.165) is 16.7 Å². The standard InChI is InChI=1S/C28H35ClN2O5/c1-19(17-21-7-5-6-8-25(21)29)30-26(33)24-18-31(27(34)36-28(2,3)4)14-13-23(24)20-9-11-22(12-10-20)35-16-15-32/h5-12,19,32H,13-18H2,1-4H3,(H,30,33). The first-order valence-corrected chi connectivity index (χ1v) is 12.5. The van der Waals surface area contributed by atoms with Crippen molar-refractivity contribution in [2.24, 2.45) is 0 Å². The number of carbonyl (C=O) groups is 2. The summed E-state index contributed by atoms with van der Waals surface area (Å²) in [7, 11) is 0. The highest BCUT2D eigenvalue weighted by Crippen LogP contribution is 2.30. The van der Waals surface area contributed by atoms with E-state index in [4.69, 9.17) is 26.2 Å². The Morgan fingerprint density at radius 2 is 1.83 bits per heavy atom. The molecule has 1 aliphatic rings. The van der Waals surface area contributed by atoms with E-state index in [0.29, 0.717) is 35.7 Å². The van der Waals surface area contributed by atoms with Crippen molar-refractivity contribution in [3.8, 4) is 5.75 Å². The lowest BCUT2D eigenvalue weighted by Crippen LogP contribution is -2.44. The molecule has 7 nitrogen and oxygen atoms in total. The lowest BCUT2D eigenvalue weighted by molar-refractivity contribution is -0.118. The van der Waals surface area contributed by atoms with Gasteiger partial charge in [0.15, 0.2) is 0 Å². The van der Waals surface area contributed by atoms with E-state index >= 15 is 0 Å². The van der Waals surface area contributed by atoms with E-state index in [1.165, 1.54) is 0 Å². The van der Waals surface area contributed by atoms with Crippen molar-refractivity contribution in [1.29, 1.82) is 0 Å². The molecule has 0 spiro atoms. The van der Waals surface area contributed by atoms with Gasteiger partial charge in [0.05, 0.1) is 13.2 Å². The molecule has 0 saturated heterocycles. The van der Waals surface area contributed by atoms with Crippen LogP contribution in [0.15, 0.2) is 54.1 Å². The number of nitrogens with one attached hydrogen (secondary N) is 1. The van der Waals surface area contributed by atoms with Gasteiger partial charge in [-0.2, -0.15) is 0 Å². The number of carbonyl (C=O) groups excluding carboxylic acids is 2. The van der Waals surface area contributed by atoms with Crippen molar-refractivity contribution >= 4 is 29.2 Å². The van der Waals surface area contributed by atoms with E-state index in [-0.39, 0.29) is 31.7 Å². The van der Waals surface area contributed by atoms with Crippen molar-refractivity contribution < 1.29 is 24.2 Å². The van der Waals surface area contributed by atoms with E-state index < -0.39 is 11.7 Å². The fraction of sp³-hybridized carbons (Fsp3) is 0.429. The Morgan fingerprint density at radius 1 is 1.14 bits per heavy atom. The fourth-order valence-corrected chi connectivity index (χ4v) is 4.26. The SMILES string of the molecule is CC(Cc1ccccc1Cl)NC(=O)C1=C(c2ccc(OCCO)cc2)CCN(C(=O)OC(C)(C)C)C1. The van der Waals surface area contributed by atoms with Gasteiger partial charge in [0.1, 0.15) is 18.0 Å². The number of aliphatic hydroxyl groups excluding tert-OH is 1. The maximum absolute atomic E-state index is 13.5. The number of ether oxygens (including phenoxy) is 2. The molecule has 1 heterocycles. The van der Waals surface area contributed by atoms with E-state index in [9.17, 15) is 9.59 Å². The van der Waals surface area contributed by atoms with Gasteiger partial charge in [-0.3, -0.25) is 4.79 Å². The third-order valence-electron chi connectivity index (χ3n) is 5.69. The molecule has 0 aromatic heterocycles. The number of hydrogen-bond donors (Lipinski definition) is 2. The van der Waals surface area contributed by atoms with Crippen LogP contribution in [-0.2, 0) is 16.0 Å². The summed E-state index contributed by atoms with van der Waals surface area (Å²) in [4.78, 5) is 27.8. The second-order valence-electron chi connectivity index (χ2n) is 9.88. The van der Waals surface area contributed by atoms with Crippen LogP contribution in [0.1, 0.15) is 45.2 Å². The van der Waals surface area contributed by atoms with Crippen LogP contribution in [0.3, 0.4) is 0 Å². The zero-order valence-electron chi connectivity index (χ0n) is 21.3. The molecule has 0 fully saturated rings. The minimum atomic E-state index is -0.628. The van der Waals surface area contributed by atoms with Gasteiger partial charge >= 0.3 is 6.09 Å². The van der Waals surface area contributed by atoms with Crippen LogP contribution in [0, 0.1) is 0 Å². The Labute approximate surface area is 218 Å². The summed E-state index contributed by atoms with van der Waals surface area (Å²) in [5.41, 5.74) is 2.63. The average Bonchev–Trinajstić information content (AvgIpc) is 2.83. The van der Waals surface area contributed by atoms with Gasteiger partial charge in [0, 0.05) is 23.2 Å². The largest absolute Gasteiger partial charge is 0.491 e. The molecule has 8 heteroatoms. The molecule has 2 aromatic carbocycles. The predicted octanol–water partition coefficient (Wildman–Crippen LogP) is 4.85. The first-order valence-electron chi connectivity index (χ1n) is 12.2. The smallest absolute Gasteiger partial charge is 0.410 e. The second-order valence-corrected chi connectivity index (χ2v) is 10.3. The maximum atomic E-state index is 13.5. The zero-order valence-corrected chi connectivity index (χ0v) is 22.1. The molecule has 0 bridgehead atoms. The molecule has 36 heavy (non-hydrogen) atoms. The summed E-state index contributed by atoms with van der Waals surface area (Å²) < 4.78 is 11.0. The summed E-state index contributed by atoms with van der Waals surface area (Å²) in [6.07, 6.45) is 0.655. The monoisotopic (exact) mass is 514 g/mol. The van der Waals surface area contributed by atoms with Crippen molar-refractivity contribution in [3.05, 3.63) is 70.3 Å². The summed E-state index contributed by atoms with van der Waals surface area (Å²) in [6.45, 7) is 8.13. The van der Waals surface area contributed by atoms with Gasteiger partial charge in [-0.25, -0.2) is 4.79 Å². The van der Waals surface area contributed by atoms with Crippen molar-refractivity contribution in [3.63, 3.8) is 0 Å². The first-order chi connectivity index (χ1) is 17.1. The minimum Gasteiger partial charge on any atom is -0.491 e. The molecule has 0 aliphatic carbocycles. The molecule has 1 atom stereocenters. The van der Waals surface area contributed by atoms with Crippen molar-refractivity contribution in [1.82, 2.24) is 10.2 Å². The summed E-state index contributed by atoms with van der Waals surface area (Å²) in [6, 6.07) is 14.8. The van der Waals surface area contributed by atoms with Gasteiger partial charge in [0.2, 0.25) is 5.91 Å². The Kier molecular flexibility index (Phi) is 9.40. The fourth-order valence-electron chi connectivity index (χ4n) is 4.04. The van der Waals surface area contributed by atoms with Crippen LogP contribution in [0.2, 0.25) is 5.02 Å². The molecule has 0 radical (unpaired) electrons. The van der Waals surface area contributed by atoms with Crippen molar-refractivity contribution in [2.45, 2.75) is 52.2 Å². The number of aliphatic hydroxyl groups is 1. The molecule has 2 N–H and O–H groups in total. The van der Waals surface area contributed by atoms with E-state index in [1.807, 2.05) is 76.2 Å². The Hall–Kier alpha value is -3.03. The number of hydrogen-bond acceptors (Lipinski definition) is 5. The van der Waals surface area contributed by atoms with Crippen LogP contribution in [0.4, 0.5) is 4.79 Å². The number of halogens is 1. The van der Waals surface area contributed by atoms with Gasteiger partial charge in [0.25, 0.3) is 0 Å². The molecule has 2 aromatic rings. The molecule has 1 unspecified atom stereocenters. The Morgan fingerprint density at radius 3 is 2.47 bits per heavy atom. The molecule has 194 valence electrons. The molecule has 3 rings (SSSR count). The summed E-state index contributed by atoms with van der Waals surface area (Å²) >= 11 is 6.30. The van der Waals surface area contributed by atoms with Gasteiger partial charge in [-0.1, -0.05) is 41.9 Å². The number of nitrogens with zero attached hydrogens (tertiary/aromatic N) is 1. The van der Waals surface area contributed by atoms with Gasteiger partial charge in [-0.05, 0) is 75.4 Å². The quantitative estimate of drug-likeness (QED) is 0.525. The molecule has 1 aliphatic heterocycles. The van der Waals surface area contributed by atoms with Crippen LogP contribution >= 0.6 is 11.6 Å². The average molecular weight is 515 g/mol. The first kappa shape index (κ1) is 27.6. The predicted molar refractivity (Wildman–Crippen MR) is 141 cm³/mol. The van der Waals surface area contributed by atoms with E-state index in [1.54, 1.807) is 4.90 Å². The van der Waals surface area contributed by atoms with Crippen LogP contribution < -0.4 is 10.1 Å². The van der Waals surface area contributed by atoms with Gasteiger partial charge < -0.3 is 24.8 Å². The summed E-state index contributed by atoms with van der Waals surface area (Å²) in [5.74, 6) is 0.414. The maximum Gasteiger partial charge on any atom is 0.410 e.